The Hall–Kier alpha value is -0.710. The van der Waals surface area contributed by atoms with Crippen molar-refractivity contribution in [3.8, 4) is 0 Å². The van der Waals surface area contributed by atoms with Crippen LogP contribution in [0.15, 0.2) is 35.2 Å². The number of carbonyl (C=O) groups excluding carboxylic acids is 1. The van der Waals surface area contributed by atoms with E-state index in [0.29, 0.717) is 0 Å². The first kappa shape index (κ1) is 16.7. The van der Waals surface area contributed by atoms with Crippen molar-refractivity contribution in [3.63, 3.8) is 0 Å². The first-order valence-corrected chi connectivity index (χ1v) is 8.32. The van der Waals surface area contributed by atoms with Gasteiger partial charge < -0.3 is 10.6 Å². The fourth-order valence-corrected chi connectivity index (χ4v) is 3.91. The highest BCUT2D eigenvalue weighted by molar-refractivity contribution is 8.01. The molecule has 5 heteroatoms. The van der Waals surface area contributed by atoms with Gasteiger partial charge in [0.25, 0.3) is 0 Å². The van der Waals surface area contributed by atoms with E-state index in [2.05, 4.69) is 34.9 Å². The average molecular weight is 327 g/mol. The van der Waals surface area contributed by atoms with Crippen LogP contribution in [0.1, 0.15) is 25.7 Å². The summed E-state index contributed by atoms with van der Waals surface area (Å²) in [5, 5.41) is 6.49. The molecule has 2 fully saturated rings. The SMILES string of the molecule is Cl.O=C(NCC1(Sc2ccccc2)CC1)C1CCNCC1. The summed E-state index contributed by atoms with van der Waals surface area (Å²) < 4.78 is 0.254. The minimum atomic E-state index is 0. The summed E-state index contributed by atoms with van der Waals surface area (Å²) in [5.74, 6) is 0.472. The number of halogens is 1. The predicted octanol–water partition coefficient (Wildman–Crippen LogP) is 2.85. The topological polar surface area (TPSA) is 41.1 Å². The summed E-state index contributed by atoms with van der Waals surface area (Å²) in [7, 11) is 0. The minimum Gasteiger partial charge on any atom is -0.354 e. The van der Waals surface area contributed by atoms with Crippen molar-refractivity contribution < 1.29 is 4.79 Å². The van der Waals surface area contributed by atoms with E-state index in [4.69, 9.17) is 0 Å². The van der Waals surface area contributed by atoms with Gasteiger partial charge in [-0.25, -0.2) is 0 Å². The summed E-state index contributed by atoms with van der Waals surface area (Å²) in [5.41, 5.74) is 0. The zero-order valence-electron chi connectivity index (χ0n) is 12.1. The monoisotopic (exact) mass is 326 g/mol. The molecule has 3 nitrogen and oxygen atoms in total. The molecule has 1 aliphatic heterocycles. The van der Waals surface area contributed by atoms with Crippen molar-refractivity contribution in [2.75, 3.05) is 19.6 Å². The molecule has 2 N–H and O–H groups in total. The number of amides is 1. The highest BCUT2D eigenvalue weighted by Gasteiger charge is 2.44. The molecule has 1 aromatic carbocycles. The zero-order chi connectivity index (χ0) is 13.8. The Kier molecular flexibility index (Phi) is 5.97. The fraction of sp³-hybridized carbons (Fsp3) is 0.562. The van der Waals surface area contributed by atoms with Crippen molar-refractivity contribution in [2.45, 2.75) is 35.3 Å². The summed E-state index contributed by atoms with van der Waals surface area (Å²) in [6, 6.07) is 10.5. The van der Waals surface area contributed by atoms with Crippen LogP contribution in [-0.2, 0) is 4.79 Å². The van der Waals surface area contributed by atoms with E-state index in [0.717, 1.165) is 32.5 Å². The normalized spacial score (nSPS) is 20.4. The van der Waals surface area contributed by atoms with Gasteiger partial charge in [0.05, 0.1) is 0 Å². The first-order valence-electron chi connectivity index (χ1n) is 7.50. The molecular formula is C16H23ClN2OS. The average Bonchev–Trinajstić information content (AvgIpc) is 3.27. The molecular weight excluding hydrogens is 304 g/mol. The number of piperidine rings is 1. The molecule has 3 rings (SSSR count). The van der Waals surface area contributed by atoms with Crippen LogP contribution in [-0.4, -0.2) is 30.3 Å². The lowest BCUT2D eigenvalue weighted by Crippen LogP contribution is -2.40. The van der Waals surface area contributed by atoms with Gasteiger partial charge in [-0.2, -0.15) is 0 Å². The van der Waals surface area contributed by atoms with Crippen LogP contribution in [0.4, 0.5) is 0 Å². The van der Waals surface area contributed by atoms with Gasteiger partial charge in [-0.05, 0) is 50.9 Å². The van der Waals surface area contributed by atoms with Crippen LogP contribution in [0.5, 0.6) is 0 Å². The quantitative estimate of drug-likeness (QED) is 0.874. The number of thioether (sulfide) groups is 1. The summed E-state index contributed by atoms with van der Waals surface area (Å²) >= 11 is 1.92. The molecule has 116 valence electrons. The van der Waals surface area contributed by atoms with E-state index >= 15 is 0 Å². The minimum absolute atomic E-state index is 0. The van der Waals surface area contributed by atoms with E-state index in [1.54, 1.807) is 0 Å². The Bertz CT molecular complexity index is 459. The van der Waals surface area contributed by atoms with E-state index in [-0.39, 0.29) is 29.0 Å². The van der Waals surface area contributed by atoms with Crippen LogP contribution in [0.3, 0.4) is 0 Å². The summed E-state index contributed by atoms with van der Waals surface area (Å²) in [4.78, 5) is 13.5. The molecule has 0 spiro atoms. The Labute approximate surface area is 137 Å². The van der Waals surface area contributed by atoms with Gasteiger partial charge in [-0.1, -0.05) is 18.2 Å². The van der Waals surface area contributed by atoms with Gasteiger partial charge in [0.15, 0.2) is 0 Å². The molecule has 1 saturated carbocycles. The van der Waals surface area contributed by atoms with E-state index in [9.17, 15) is 4.79 Å². The maximum atomic E-state index is 12.2. The molecule has 1 aromatic rings. The number of nitrogens with one attached hydrogen (secondary N) is 2. The van der Waals surface area contributed by atoms with Crippen LogP contribution in [0.2, 0.25) is 0 Å². The highest BCUT2D eigenvalue weighted by atomic mass is 35.5. The Morgan fingerprint density at radius 1 is 1.24 bits per heavy atom. The number of hydrogen-bond acceptors (Lipinski definition) is 3. The lowest BCUT2D eigenvalue weighted by molar-refractivity contribution is -0.125. The van der Waals surface area contributed by atoms with Crippen LogP contribution >= 0.6 is 24.2 Å². The third-order valence-electron chi connectivity index (χ3n) is 4.18. The molecule has 1 amide bonds. The first-order chi connectivity index (χ1) is 9.77. The molecule has 0 atom stereocenters. The molecule has 2 aliphatic rings. The molecule has 1 heterocycles. The van der Waals surface area contributed by atoms with Crippen molar-refractivity contribution >= 4 is 30.1 Å². The Morgan fingerprint density at radius 3 is 2.52 bits per heavy atom. The van der Waals surface area contributed by atoms with Gasteiger partial charge in [0.1, 0.15) is 0 Å². The van der Waals surface area contributed by atoms with E-state index in [1.807, 2.05) is 17.8 Å². The van der Waals surface area contributed by atoms with Crippen molar-refractivity contribution in [1.82, 2.24) is 10.6 Å². The van der Waals surface area contributed by atoms with Gasteiger partial charge in [0.2, 0.25) is 5.91 Å². The summed E-state index contributed by atoms with van der Waals surface area (Å²) in [6.45, 7) is 2.76. The number of benzene rings is 1. The third kappa shape index (κ3) is 4.63. The highest BCUT2D eigenvalue weighted by Crippen LogP contribution is 2.51. The largest absolute Gasteiger partial charge is 0.354 e. The van der Waals surface area contributed by atoms with Crippen LogP contribution in [0.25, 0.3) is 0 Å². The second-order valence-electron chi connectivity index (χ2n) is 5.84. The number of rotatable bonds is 5. The van der Waals surface area contributed by atoms with Crippen molar-refractivity contribution in [1.29, 1.82) is 0 Å². The standard InChI is InChI=1S/C16H22N2OS.ClH/c19-15(13-6-10-17-11-7-13)18-12-16(8-9-16)20-14-4-2-1-3-5-14;/h1-5,13,17H,6-12H2,(H,18,19);1H. The molecule has 0 unspecified atom stereocenters. The van der Waals surface area contributed by atoms with Gasteiger partial charge in [0, 0.05) is 22.1 Å². The third-order valence-corrected chi connectivity index (χ3v) is 5.67. The smallest absolute Gasteiger partial charge is 0.223 e. The molecule has 1 saturated heterocycles. The molecule has 21 heavy (non-hydrogen) atoms. The Balaban J connectivity index is 0.00000161. The van der Waals surface area contributed by atoms with Crippen LogP contribution in [0, 0.1) is 5.92 Å². The predicted molar refractivity (Wildman–Crippen MR) is 90.1 cm³/mol. The second kappa shape index (κ2) is 7.52. The van der Waals surface area contributed by atoms with Crippen molar-refractivity contribution in [2.24, 2.45) is 5.92 Å². The fourth-order valence-electron chi connectivity index (χ4n) is 2.67. The Morgan fingerprint density at radius 2 is 1.90 bits per heavy atom. The van der Waals surface area contributed by atoms with E-state index in [1.165, 1.54) is 17.7 Å². The van der Waals surface area contributed by atoms with Gasteiger partial charge >= 0.3 is 0 Å². The van der Waals surface area contributed by atoms with Crippen molar-refractivity contribution in [3.05, 3.63) is 30.3 Å². The second-order valence-corrected chi connectivity index (χ2v) is 7.38. The van der Waals surface area contributed by atoms with Crippen LogP contribution < -0.4 is 10.6 Å². The molecule has 0 aromatic heterocycles. The zero-order valence-corrected chi connectivity index (χ0v) is 13.8. The lowest BCUT2D eigenvalue weighted by atomic mass is 9.97. The molecule has 0 radical (unpaired) electrons. The molecule has 1 aliphatic carbocycles. The van der Waals surface area contributed by atoms with E-state index < -0.39 is 0 Å². The summed E-state index contributed by atoms with van der Waals surface area (Å²) in [6.07, 6.45) is 4.37. The van der Waals surface area contributed by atoms with Gasteiger partial charge in [-0.15, -0.1) is 24.2 Å². The number of hydrogen-bond donors (Lipinski definition) is 2. The number of carbonyl (C=O) groups is 1. The molecule has 0 bridgehead atoms. The maximum absolute atomic E-state index is 12.2. The lowest BCUT2D eigenvalue weighted by Gasteiger charge is -2.23. The van der Waals surface area contributed by atoms with Gasteiger partial charge in [-0.3, -0.25) is 4.79 Å². The maximum Gasteiger partial charge on any atom is 0.223 e.